The van der Waals surface area contributed by atoms with Crippen molar-refractivity contribution in [1.29, 1.82) is 0 Å². The first kappa shape index (κ1) is 42.6. The van der Waals surface area contributed by atoms with Gasteiger partial charge in [0.15, 0.2) is 5.78 Å². The van der Waals surface area contributed by atoms with Crippen LogP contribution in [0.5, 0.6) is 0 Å². The summed E-state index contributed by atoms with van der Waals surface area (Å²) in [6.07, 6.45) is 6.44. The van der Waals surface area contributed by atoms with E-state index in [1.807, 2.05) is 13.8 Å². The zero-order valence-corrected chi connectivity index (χ0v) is 28.2. The highest BCUT2D eigenvalue weighted by Gasteiger charge is 2.32. The normalized spacial score (nSPS) is 13.1. The fourth-order valence-corrected chi connectivity index (χ4v) is 4.87. The van der Waals surface area contributed by atoms with Gasteiger partial charge in [-0.1, -0.05) is 33.6 Å². The molecule has 2 amide bonds. The molecule has 0 saturated carbocycles. The molecule has 45 heavy (non-hydrogen) atoms. The number of aliphatic hydroxyl groups is 3. The number of Topliss-reactive ketones (excluding diaryl/α,β-unsaturated/α-hetero) is 2. The molecule has 3 N–H and O–H groups in total. The number of hydrogen-bond acceptors (Lipinski definition) is 10. The number of nitrogens with zero attached hydrogens (tertiary/aromatic N) is 2. The number of ketones is 2. The van der Waals surface area contributed by atoms with Crippen molar-refractivity contribution in [1.82, 2.24) is 9.80 Å². The van der Waals surface area contributed by atoms with Crippen molar-refractivity contribution in [3.05, 3.63) is 0 Å². The average molecular weight is 645 g/mol. The summed E-state index contributed by atoms with van der Waals surface area (Å²) in [7, 11) is 0. The molecule has 2 unspecified atom stereocenters. The Morgan fingerprint density at radius 2 is 1.22 bits per heavy atom. The van der Waals surface area contributed by atoms with Gasteiger partial charge in [-0.05, 0) is 45.4 Å². The maximum absolute atomic E-state index is 12.9. The van der Waals surface area contributed by atoms with Crippen LogP contribution in [0.25, 0.3) is 0 Å². The minimum atomic E-state index is -1.00. The topological polar surface area (TPSA) is 171 Å². The molecule has 0 aromatic carbocycles. The van der Waals surface area contributed by atoms with Gasteiger partial charge in [0.05, 0.1) is 32.8 Å². The fraction of sp³-hybridized carbons (Fsp3) is 0.848. The van der Waals surface area contributed by atoms with E-state index in [4.69, 9.17) is 19.7 Å². The molecule has 12 nitrogen and oxygen atoms in total. The predicted molar refractivity (Wildman–Crippen MR) is 170 cm³/mol. The molecule has 0 aliphatic carbocycles. The van der Waals surface area contributed by atoms with Gasteiger partial charge in [0.25, 0.3) is 0 Å². The molecule has 0 aliphatic heterocycles. The van der Waals surface area contributed by atoms with Gasteiger partial charge in [-0.15, -0.1) is 0 Å². The molecule has 12 heteroatoms. The summed E-state index contributed by atoms with van der Waals surface area (Å²) >= 11 is 0. The van der Waals surface area contributed by atoms with E-state index < -0.39 is 11.6 Å². The van der Waals surface area contributed by atoms with Crippen LogP contribution in [0.4, 0.5) is 0 Å². The van der Waals surface area contributed by atoms with E-state index in [-0.39, 0.29) is 102 Å². The summed E-state index contributed by atoms with van der Waals surface area (Å²) in [5, 5.41) is 27.5. The Labute approximate surface area is 269 Å². The second-order valence-electron chi connectivity index (χ2n) is 11.7. The number of esters is 1. The van der Waals surface area contributed by atoms with Crippen LogP contribution in [0.1, 0.15) is 111 Å². The smallest absolute Gasteiger partial charge is 0.306 e. The Morgan fingerprint density at radius 1 is 0.689 bits per heavy atom. The lowest BCUT2D eigenvalue weighted by Gasteiger charge is -2.27. The van der Waals surface area contributed by atoms with E-state index >= 15 is 0 Å². The van der Waals surface area contributed by atoms with Crippen molar-refractivity contribution in [3.8, 4) is 0 Å². The van der Waals surface area contributed by atoms with E-state index in [0.29, 0.717) is 38.1 Å². The first-order valence-corrected chi connectivity index (χ1v) is 16.7. The Bertz CT molecular complexity index is 862. The summed E-state index contributed by atoms with van der Waals surface area (Å²) in [5.41, 5.74) is -1.00. The third-order valence-corrected chi connectivity index (χ3v) is 8.05. The van der Waals surface area contributed by atoms with E-state index in [2.05, 4.69) is 6.92 Å². The molecular weight excluding hydrogens is 584 g/mol. The van der Waals surface area contributed by atoms with Crippen LogP contribution in [-0.4, -0.2) is 119 Å². The number of amides is 2. The molecule has 262 valence electrons. The Balaban J connectivity index is 4.42. The molecule has 0 aromatic heterocycles. The van der Waals surface area contributed by atoms with Gasteiger partial charge < -0.3 is 34.6 Å². The standard InChI is InChI=1S/C33H60N2O10/c1-5-12-27(3)28(39)13-8-7-11-25-45-33(4,6-2)29(40)16-17-32(43)44-26-21-35(20-24-38)31(42)15-10-9-14-30(41)34(18-22-36)19-23-37/h27,36-38H,5-26H2,1-4H3. The van der Waals surface area contributed by atoms with Gasteiger partial charge in [0.1, 0.15) is 18.0 Å². The minimum Gasteiger partial charge on any atom is -0.464 e. The number of ether oxygens (including phenoxy) is 2. The SMILES string of the molecule is CCCC(C)C(=O)CCCCCOC(C)(CC)C(=O)CCC(=O)OCCN(CCO)C(=O)CCCCC(=O)N(CCO)CCO. The zero-order chi connectivity index (χ0) is 34.1. The number of carbonyl (C=O) groups is 5. The van der Waals surface area contributed by atoms with Gasteiger partial charge >= 0.3 is 5.97 Å². The largest absolute Gasteiger partial charge is 0.464 e. The van der Waals surface area contributed by atoms with Crippen molar-refractivity contribution >= 4 is 29.4 Å². The Kier molecular flexibility index (Phi) is 24.4. The summed E-state index contributed by atoms with van der Waals surface area (Å²) in [6, 6.07) is 0. The lowest BCUT2D eigenvalue weighted by atomic mass is 9.94. The highest BCUT2D eigenvalue weighted by atomic mass is 16.5. The number of hydrogen-bond donors (Lipinski definition) is 3. The third kappa shape index (κ3) is 19.0. The van der Waals surface area contributed by atoms with E-state index in [9.17, 15) is 29.1 Å². The molecule has 0 saturated heterocycles. The zero-order valence-electron chi connectivity index (χ0n) is 28.2. The van der Waals surface area contributed by atoms with E-state index in [0.717, 1.165) is 32.1 Å². The molecule has 0 spiro atoms. The fourth-order valence-electron chi connectivity index (χ4n) is 4.87. The van der Waals surface area contributed by atoms with Crippen LogP contribution >= 0.6 is 0 Å². The number of aliphatic hydroxyl groups excluding tert-OH is 3. The van der Waals surface area contributed by atoms with Gasteiger partial charge in [0.2, 0.25) is 11.8 Å². The van der Waals surface area contributed by atoms with Crippen LogP contribution in [0.3, 0.4) is 0 Å². The second kappa shape index (κ2) is 25.7. The summed E-state index contributed by atoms with van der Waals surface area (Å²) in [4.78, 5) is 64.9. The van der Waals surface area contributed by atoms with Crippen molar-refractivity contribution in [3.63, 3.8) is 0 Å². The molecule has 0 aromatic rings. The lowest BCUT2D eigenvalue weighted by Crippen LogP contribution is -2.38. The molecule has 2 atom stereocenters. The van der Waals surface area contributed by atoms with Gasteiger partial charge in [0, 0.05) is 57.8 Å². The maximum atomic E-state index is 12.9. The lowest BCUT2D eigenvalue weighted by molar-refractivity contribution is -0.150. The monoisotopic (exact) mass is 644 g/mol. The van der Waals surface area contributed by atoms with Gasteiger partial charge in [-0.3, -0.25) is 24.0 Å². The Hall–Kier alpha value is -2.41. The summed E-state index contributed by atoms with van der Waals surface area (Å²) < 4.78 is 11.2. The van der Waals surface area contributed by atoms with Crippen molar-refractivity contribution < 1.29 is 48.8 Å². The molecule has 0 aliphatic rings. The van der Waals surface area contributed by atoms with Crippen LogP contribution in [-0.2, 0) is 33.4 Å². The predicted octanol–water partition coefficient (Wildman–Crippen LogP) is 2.82. The molecular formula is C33H60N2O10. The third-order valence-electron chi connectivity index (χ3n) is 8.05. The molecule has 0 heterocycles. The first-order valence-electron chi connectivity index (χ1n) is 16.7. The van der Waals surface area contributed by atoms with Crippen molar-refractivity contribution in [2.45, 2.75) is 117 Å². The molecule has 0 rings (SSSR count). The summed E-state index contributed by atoms with van der Waals surface area (Å²) in [6.45, 7) is 7.78. The first-order chi connectivity index (χ1) is 21.5. The van der Waals surface area contributed by atoms with Crippen molar-refractivity contribution in [2.24, 2.45) is 5.92 Å². The Morgan fingerprint density at radius 3 is 1.73 bits per heavy atom. The highest BCUT2D eigenvalue weighted by Crippen LogP contribution is 2.21. The minimum absolute atomic E-state index is 0.0287. The maximum Gasteiger partial charge on any atom is 0.306 e. The van der Waals surface area contributed by atoms with Gasteiger partial charge in [-0.25, -0.2) is 0 Å². The van der Waals surface area contributed by atoms with Crippen LogP contribution in [0.2, 0.25) is 0 Å². The van der Waals surface area contributed by atoms with Crippen LogP contribution < -0.4 is 0 Å². The molecule has 0 radical (unpaired) electrons. The highest BCUT2D eigenvalue weighted by molar-refractivity contribution is 5.89. The van der Waals surface area contributed by atoms with Crippen LogP contribution in [0.15, 0.2) is 0 Å². The second-order valence-corrected chi connectivity index (χ2v) is 11.7. The molecule has 0 bridgehead atoms. The summed E-state index contributed by atoms with van der Waals surface area (Å²) in [5.74, 6) is -0.777. The van der Waals surface area contributed by atoms with Gasteiger partial charge in [-0.2, -0.15) is 0 Å². The number of carbonyl (C=O) groups excluding carboxylic acids is 5. The number of unbranched alkanes of at least 4 members (excludes halogenated alkanes) is 3. The van der Waals surface area contributed by atoms with E-state index in [1.54, 1.807) is 6.92 Å². The molecule has 0 fully saturated rings. The van der Waals surface area contributed by atoms with Crippen molar-refractivity contribution in [2.75, 3.05) is 59.2 Å². The van der Waals surface area contributed by atoms with E-state index in [1.165, 1.54) is 9.80 Å². The average Bonchev–Trinajstić information content (AvgIpc) is 3.02. The van der Waals surface area contributed by atoms with Crippen LogP contribution in [0, 0.1) is 5.92 Å². The number of rotatable bonds is 29. The quantitative estimate of drug-likeness (QED) is 0.0813.